The predicted octanol–water partition coefficient (Wildman–Crippen LogP) is 4.12. The molecule has 37 heavy (non-hydrogen) atoms. The molecule has 0 radical (unpaired) electrons. The SMILES string of the molecule is O=C(O)Nc1ccc(-n2c(=O)c3ccccc3n(CCCc3cncn3Cc3ccccc3)c2=O)cc1. The van der Waals surface area contributed by atoms with Gasteiger partial charge in [0.1, 0.15) is 0 Å². The van der Waals surface area contributed by atoms with E-state index >= 15 is 0 Å². The Hall–Kier alpha value is -4.92. The van der Waals surface area contributed by atoms with Crippen molar-refractivity contribution in [1.82, 2.24) is 18.7 Å². The van der Waals surface area contributed by atoms with Crippen LogP contribution in [0.15, 0.2) is 101 Å². The van der Waals surface area contributed by atoms with Crippen molar-refractivity contribution in [2.75, 3.05) is 5.32 Å². The average molecular weight is 496 g/mol. The molecule has 0 aliphatic carbocycles. The molecular formula is C28H25N5O4. The highest BCUT2D eigenvalue weighted by Crippen LogP contribution is 2.15. The number of hydrogen-bond donors (Lipinski definition) is 2. The largest absolute Gasteiger partial charge is 0.465 e. The van der Waals surface area contributed by atoms with E-state index in [1.54, 1.807) is 34.9 Å². The summed E-state index contributed by atoms with van der Waals surface area (Å²) in [4.78, 5) is 42.0. The van der Waals surface area contributed by atoms with Gasteiger partial charge in [0.25, 0.3) is 5.56 Å². The second-order valence-electron chi connectivity index (χ2n) is 8.67. The molecule has 2 heterocycles. The van der Waals surface area contributed by atoms with Crippen molar-refractivity contribution < 1.29 is 9.90 Å². The van der Waals surface area contributed by atoms with Crippen molar-refractivity contribution in [3.05, 3.63) is 123 Å². The first-order valence-corrected chi connectivity index (χ1v) is 11.9. The lowest BCUT2D eigenvalue weighted by atomic mass is 10.2. The van der Waals surface area contributed by atoms with Gasteiger partial charge in [0.15, 0.2) is 0 Å². The van der Waals surface area contributed by atoms with E-state index in [0.717, 1.165) is 16.8 Å². The van der Waals surface area contributed by atoms with Crippen LogP contribution >= 0.6 is 0 Å². The zero-order valence-electron chi connectivity index (χ0n) is 19.9. The van der Waals surface area contributed by atoms with Crippen LogP contribution in [0.2, 0.25) is 0 Å². The Balaban J connectivity index is 1.44. The molecule has 2 aromatic heterocycles. The summed E-state index contributed by atoms with van der Waals surface area (Å²) in [6.07, 6.45) is 3.85. The molecule has 0 atom stereocenters. The van der Waals surface area contributed by atoms with Gasteiger partial charge in [0.2, 0.25) is 0 Å². The third-order valence-electron chi connectivity index (χ3n) is 6.24. The molecule has 5 aromatic rings. The summed E-state index contributed by atoms with van der Waals surface area (Å²) in [5.74, 6) is 0. The fourth-order valence-electron chi connectivity index (χ4n) is 4.48. The van der Waals surface area contributed by atoms with Crippen LogP contribution in [0.5, 0.6) is 0 Å². The van der Waals surface area contributed by atoms with Crippen LogP contribution in [0.3, 0.4) is 0 Å². The lowest BCUT2D eigenvalue weighted by Crippen LogP contribution is -2.39. The topological polar surface area (TPSA) is 111 Å². The third kappa shape index (κ3) is 5.06. The number of hydrogen-bond acceptors (Lipinski definition) is 4. The summed E-state index contributed by atoms with van der Waals surface area (Å²) in [7, 11) is 0. The number of carbonyl (C=O) groups is 1. The minimum atomic E-state index is -1.19. The Labute approximate surface area is 211 Å². The van der Waals surface area contributed by atoms with Gasteiger partial charge in [0.05, 0.1) is 22.9 Å². The number of fused-ring (bicyclic) bond motifs is 1. The minimum absolute atomic E-state index is 0.345. The van der Waals surface area contributed by atoms with Gasteiger partial charge in [0, 0.05) is 30.7 Å². The number of carboxylic acid groups (broad SMARTS) is 1. The molecule has 2 N–H and O–H groups in total. The van der Waals surface area contributed by atoms with E-state index in [-0.39, 0.29) is 0 Å². The van der Waals surface area contributed by atoms with Crippen LogP contribution < -0.4 is 16.6 Å². The first kappa shape index (κ1) is 23.8. The molecule has 0 aliphatic heterocycles. The molecule has 186 valence electrons. The Bertz CT molecular complexity index is 1670. The molecule has 3 aromatic carbocycles. The number of amides is 1. The molecule has 9 nitrogen and oxygen atoms in total. The lowest BCUT2D eigenvalue weighted by molar-refractivity contribution is 0.209. The maximum Gasteiger partial charge on any atom is 0.409 e. The molecule has 5 rings (SSSR count). The van der Waals surface area contributed by atoms with Crippen LogP contribution in [-0.2, 0) is 19.5 Å². The summed E-state index contributed by atoms with van der Waals surface area (Å²) in [5, 5.41) is 11.6. The summed E-state index contributed by atoms with van der Waals surface area (Å²) in [5.41, 5.74) is 2.67. The second kappa shape index (κ2) is 10.4. The Kier molecular flexibility index (Phi) is 6.67. The van der Waals surface area contributed by atoms with E-state index in [9.17, 15) is 14.4 Å². The first-order chi connectivity index (χ1) is 18.0. The standard InChI is InChI=1S/C28H25N5O4/c34-26-24-10-4-5-11-25(24)32(28(37)33(26)22-14-12-21(13-15-22)30-27(35)36)16-6-9-23-17-29-19-31(23)18-20-7-2-1-3-8-20/h1-5,7-8,10-15,17,19,30H,6,9,16,18H2,(H,35,36). The van der Waals surface area contributed by atoms with Crippen LogP contribution in [-0.4, -0.2) is 29.9 Å². The molecule has 1 amide bonds. The quantitative estimate of drug-likeness (QED) is 0.336. The average Bonchev–Trinajstić information content (AvgIpc) is 3.34. The van der Waals surface area contributed by atoms with E-state index in [1.165, 1.54) is 17.7 Å². The minimum Gasteiger partial charge on any atom is -0.465 e. The summed E-state index contributed by atoms with van der Waals surface area (Å²) >= 11 is 0. The van der Waals surface area contributed by atoms with Crippen LogP contribution in [0, 0.1) is 0 Å². The molecule has 0 fully saturated rings. The van der Waals surface area contributed by atoms with Crippen LogP contribution in [0.4, 0.5) is 10.5 Å². The van der Waals surface area contributed by atoms with Crippen molar-refractivity contribution >= 4 is 22.7 Å². The zero-order valence-corrected chi connectivity index (χ0v) is 19.9. The smallest absolute Gasteiger partial charge is 0.409 e. The maximum absolute atomic E-state index is 13.6. The number of nitrogens with one attached hydrogen (secondary N) is 1. The molecular weight excluding hydrogens is 470 g/mol. The highest BCUT2D eigenvalue weighted by atomic mass is 16.4. The number of para-hydroxylation sites is 1. The highest BCUT2D eigenvalue weighted by Gasteiger charge is 2.15. The van der Waals surface area contributed by atoms with Gasteiger partial charge in [-0.3, -0.25) is 14.7 Å². The number of imidazole rings is 1. The maximum atomic E-state index is 13.6. The molecule has 0 bridgehead atoms. The van der Waals surface area contributed by atoms with Gasteiger partial charge in [-0.2, -0.15) is 0 Å². The molecule has 0 saturated carbocycles. The molecule has 0 aliphatic rings. The normalized spacial score (nSPS) is 11.0. The number of benzene rings is 3. The zero-order chi connectivity index (χ0) is 25.8. The van der Waals surface area contributed by atoms with E-state index in [0.29, 0.717) is 41.7 Å². The van der Waals surface area contributed by atoms with Crippen molar-refractivity contribution in [2.45, 2.75) is 25.9 Å². The predicted molar refractivity (Wildman–Crippen MR) is 142 cm³/mol. The van der Waals surface area contributed by atoms with Gasteiger partial charge < -0.3 is 9.67 Å². The van der Waals surface area contributed by atoms with Crippen molar-refractivity contribution in [3.8, 4) is 5.69 Å². The van der Waals surface area contributed by atoms with Gasteiger partial charge in [-0.15, -0.1) is 0 Å². The molecule has 0 unspecified atom stereocenters. The van der Waals surface area contributed by atoms with E-state index < -0.39 is 17.3 Å². The number of rotatable bonds is 8. The van der Waals surface area contributed by atoms with Crippen molar-refractivity contribution in [3.63, 3.8) is 0 Å². The monoisotopic (exact) mass is 495 g/mol. The third-order valence-corrected chi connectivity index (χ3v) is 6.24. The Morgan fingerprint density at radius 1 is 0.919 bits per heavy atom. The van der Waals surface area contributed by atoms with Crippen LogP contribution in [0.1, 0.15) is 17.7 Å². The summed E-state index contributed by atoms with van der Waals surface area (Å²) < 4.78 is 4.86. The lowest BCUT2D eigenvalue weighted by Gasteiger charge is -2.15. The fourth-order valence-corrected chi connectivity index (χ4v) is 4.48. The summed E-state index contributed by atoms with van der Waals surface area (Å²) in [6.45, 7) is 1.13. The van der Waals surface area contributed by atoms with E-state index in [1.807, 2.05) is 36.8 Å². The number of nitrogens with zero attached hydrogens (tertiary/aromatic N) is 4. The van der Waals surface area contributed by atoms with Crippen molar-refractivity contribution in [1.29, 1.82) is 0 Å². The van der Waals surface area contributed by atoms with Crippen molar-refractivity contribution in [2.24, 2.45) is 0 Å². The van der Waals surface area contributed by atoms with Gasteiger partial charge in [-0.05, 0) is 54.8 Å². The Morgan fingerprint density at radius 3 is 2.41 bits per heavy atom. The highest BCUT2D eigenvalue weighted by molar-refractivity contribution is 5.83. The molecule has 9 heteroatoms. The fraction of sp³-hybridized carbons (Fsp3) is 0.143. The van der Waals surface area contributed by atoms with Gasteiger partial charge >= 0.3 is 11.8 Å². The van der Waals surface area contributed by atoms with E-state index in [4.69, 9.17) is 5.11 Å². The second-order valence-corrected chi connectivity index (χ2v) is 8.67. The van der Waals surface area contributed by atoms with Gasteiger partial charge in [-0.1, -0.05) is 42.5 Å². The molecule has 0 spiro atoms. The van der Waals surface area contributed by atoms with Crippen LogP contribution in [0.25, 0.3) is 16.6 Å². The summed E-state index contributed by atoms with van der Waals surface area (Å²) in [6, 6.07) is 23.3. The molecule has 0 saturated heterocycles. The van der Waals surface area contributed by atoms with E-state index in [2.05, 4.69) is 27.0 Å². The number of aromatic nitrogens is 4. The number of aryl methyl sites for hydroxylation is 2. The first-order valence-electron chi connectivity index (χ1n) is 11.9. The number of anilines is 1. The Morgan fingerprint density at radius 2 is 1.65 bits per heavy atom. The van der Waals surface area contributed by atoms with Gasteiger partial charge in [-0.25, -0.2) is 19.1 Å².